The molecule has 1 aliphatic rings. The van der Waals surface area contributed by atoms with Crippen LogP contribution in [0.2, 0.25) is 0 Å². The number of carbonyl (C=O) groups excluding carboxylic acids is 1. The molecule has 1 saturated heterocycles. The van der Waals surface area contributed by atoms with Gasteiger partial charge in [0.1, 0.15) is 6.04 Å². The number of carbonyl (C=O) groups is 2. The van der Waals surface area contributed by atoms with Crippen LogP contribution in [0, 0.1) is 0 Å². The zero-order valence-corrected chi connectivity index (χ0v) is 12.5. The van der Waals surface area contributed by atoms with Gasteiger partial charge in [0.05, 0.1) is 19.0 Å². The highest BCUT2D eigenvalue weighted by molar-refractivity contribution is 7.89. The quantitative estimate of drug-likeness (QED) is 0.565. The van der Waals surface area contributed by atoms with Crippen molar-refractivity contribution < 1.29 is 27.9 Å². The predicted octanol–water partition coefficient (Wildman–Crippen LogP) is -0.816. The maximum Gasteiger partial charge on any atom is 0.326 e. The van der Waals surface area contributed by atoms with E-state index < -0.39 is 27.9 Å². The van der Waals surface area contributed by atoms with Crippen LogP contribution in [0.4, 0.5) is 0 Å². The SMILES string of the molecule is C=CCC(NC(=O)CCS(=O)(=O)N1CCOCC1)C(=O)O. The number of sulfonamides is 1. The van der Waals surface area contributed by atoms with E-state index in [9.17, 15) is 18.0 Å². The molecule has 0 bridgehead atoms. The molecule has 0 spiro atoms. The molecule has 0 aliphatic carbocycles. The second-order valence-electron chi connectivity index (χ2n) is 4.56. The average Bonchev–Trinajstić information content (AvgIpc) is 2.45. The highest BCUT2D eigenvalue weighted by Crippen LogP contribution is 2.07. The van der Waals surface area contributed by atoms with E-state index in [0.29, 0.717) is 13.2 Å². The summed E-state index contributed by atoms with van der Waals surface area (Å²) in [5.41, 5.74) is 0. The number of morpholine rings is 1. The van der Waals surface area contributed by atoms with E-state index in [1.807, 2.05) is 0 Å². The predicted molar refractivity (Wildman–Crippen MR) is 75.2 cm³/mol. The lowest BCUT2D eigenvalue weighted by atomic mass is 10.2. The van der Waals surface area contributed by atoms with Crippen LogP contribution in [0.15, 0.2) is 12.7 Å². The van der Waals surface area contributed by atoms with Gasteiger partial charge < -0.3 is 15.2 Å². The van der Waals surface area contributed by atoms with E-state index in [1.54, 1.807) is 0 Å². The number of carboxylic acid groups (broad SMARTS) is 1. The summed E-state index contributed by atoms with van der Waals surface area (Å²) < 4.78 is 30.3. The molecule has 0 saturated carbocycles. The molecule has 0 aromatic carbocycles. The number of hydrogen-bond donors (Lipinski definition) is 2. The first-order valence-electron chi connectivity index (χ1n) is 6.55. The van der Waals surface area contributed by atoms with Gasteiger partial charge in [-0.05, 0) is 6.42 Å². The third kappa shape index (κ3) is 5.82. The van der Waals surface area contributed by atoms with Crippen molar-refractivity contribution in [3.8, 4) is 0 Å². The van der Waals surface area contributed by atoms with Crippen LogP contribution in [-0.4, -0.2) is 67.8 Å². The zero-order valence-electron chi connectivity index (χ0n) is 11.7. The molecule has 0 radical (unpaired) electrons. The second-order valence-corrected chi connectivity index (χ2v) is 6.65. The van der Waals surface area contributed by atoms with Crippen LogP contribution in [0.5, 0.6) is 0 Å². The van der Waals surface area contributed by atoms with Crippen LogP contribution in [0.25, 0.3) is 0 Å². The minimum atomic E-state index is -3.52. The Bertz CT molecular complexity index is 484. The van der Waals surface area contributed by atoms with Crippen LogP contribution < -0.4 is 5.32 Å². The van der Waals surface area contributed by atoms with Crippen molar-refractivity contribution in [1.29, 1.82) is 0 Å². The Morgan fingerprint density at radius 3 is 2.52 bits per heavy atom. The lowest BCUT2D eigenvalue weighted by Crippen LogP contribution is -2.44. The fourth-order valence-corrected chi connectivity index (χ4v) is 3.24. The van der Waals surface area contributed by atoms with E-state index in [4.69, 9.17) is 9.84 Å². The van der Waals surface area contributed by atoms with Crippen LogP contribution >= 0.6 is 0 Å². The summed E-state index contributed by atoms with van der Waals surface area (Å²) in [6, 6.07) is -1.08. The molecule has 8 nitrogen and oxygen atoms in total. The van der Waals surface area contributed by atoms with E-state index in [1.165, 1.54) is 10.4 Å². The Labute approximate surface area is 123 Å². The Balaban J connectivity index is 2.47. The van der Waals surface area contributed by atoms with Gasteiger partial charge >= 0.3 is 5.97 Å². The standard InChI is InChI=1S/C12H20N2O6S/c1-2-3-10(12(16)17)13-11(15)4-9-21(18,19)14-5-7-20-8-6-14/h2,10H,1,3-9H2,(H,13,15)(H,16,17). The third-order valence-electron chi connectivity index (χ3n) is 2.99. The summed E-state index contributed by atoms with van der Waals surface area (Å²) in [4.78, 5) is 22.5. The second kappa shape index (κ2) is 8.11. The third-order valence-corrected chi connectivity index (χ3v) is 4.86. The number of nitrogens with zero attached hydrogens (tertiary/aromatic N) is 1. The first-order chi connectivity index (χ1) is 9.86. The summed E-state index contributed by atoms with van der Waals surface area (Å²) in [6.07, 6.45) is 1.18. The first-order valence-corrected chi connectivity index (χ1v) is 8.16. The highest BCUT2D eigenvalue weighted by atomic mass is 32.2. The Morgan fingerprint density at radius 2 is 2.00 bits per heavy atom. The number of aliphatic carboxylic acids is 1. The minimum absolute atomic E-state index is 0.0806. The minimum Gasteiger partial charge on any atom is -0.480 e. The average molecular weight is 320 g/mol. The molecule has 1 rings (SSSR count). The molecule has 1 fully saturated rings. The molecule has 1 unspecified atom stereocenters. The summed E-state index contributed by atoms with van der Waals surface area (Å²) in [7, 11) is -3.52. The van der Waals surface area contributed by atoms with Crippen molar-refractivity contribution in [3.05, 3.63) is 12.7 Å². The molecule has 0 aromatic rings. The first kappa shape index (κ1) is 17.6. The number of carboxylic acids is 1. The number of amides is 1. The molecule has 21 heavy (non-hydrogen) atoms. The smallest absolute Gasteiger partial charge is 0.326 e. The summed E-state index contributed by atoms with van der Waals surface area (Å²) in [5.74, 6) is -2.14. The fraction of sp³-hybridized carbons (Fsp3) is 0.667. The van der Waals surface area contributed by atoms with E-state index in [-0.39, 0.29) is 31.7 Å². The van der Waals surface area contributed by atoms with Crippen molar-refractivity contribution in [3.63, 3.8) is 0 Å². The van der Waals surface area contributed by atoms with Gasteiger partial charge in [-0.2, -0.15) is 4.31 Å². The molecule has 1 amide bonds. The molecule has 0 aromatic heterocycles. The summed E-state index contributed by atoms with van der Waals surface area (Å²) in [5, 5.41) is 11.2. The maximum atomic E-state index is 12.0. The number of hydrogen-bond acceptors (Lipinski definition) is 5. The normalized spacial score (nSPS) is 17.9. The van der Waals surface area contributed by atoms with Gasteiger partial charge in [-0.25, -0.2) is 13.2 Å². The van der Waals surface area contributed by atoms with Crippen molar-refractivity contribution in [2.45, 2.75) is 18.9 Å². The summed E-state index contributed by atoms with van der Waals surface area (Å²) >= 11 is 0. The molecular weight excluding hydrogens is 300 g/mol. The number of rotatable bonds is 8. The van der Waals surface area contributed by atoms with Gasteiger partial charge in [0.15, 0.2) is 0 Å². The Kier molecular flexibility index (Phi) is 6.79. The zero-order chi connectivity index (χ0) is 15.9. The molecule has 2 N–H and O–H groups in total. The van der Waals surface area contributed by atoms with Crippen LogP contribution in [0.3, 0.4) is 0 Å². The highest BCUT2D eigenvalue weighted by Gasteiger charge is 2.26. The monoisotopic (exact) mass is 320 g/mol. The summed E-state index contributed by atoms with van der Waals surface area (Å²) in [6.45, 7) is 4.64. The van der Waals surface area contributed by atoms with Crippen LogP contribution in [-0.2, 0) is 24.3 Å². The van der Waals surface area contributed by atoms with Crippen molar-refractivity contribution in [2.75, 3.05) is 32.1 Å². The van der Waals surface area contributed by atoms with Crippen molar-refractivity contribution in [1.82, 2.24) is 9.62 Å². The largest absolute Gasteiger partial charge is 0.480 e. The van der Waals surface area contributed by atoms with Crippen molar-refractivity contribution in [2.24, 2.45) is 0 Å². The lowest BCUT2D eigenvalue weighted by molar-refractivity contribution is -0.141. The molecule has 1 heterocycles. The van der Waals surface area contributed by atoms with E-state index >= 15 is 0 Å². The van der Waals surface area contributed by atoms with E-state index in [0.717, 1.165) is 0 Å². The maximum absolute atomic E-state index is 12.0. The van der Waals surface area contributed by atoms with Gasteiger partial charge in [0.25, 0.3) is 0 Å². The Hall–Kier alpha value is -1.45. The van der Waals surface area contributed by atoms with Crippen molar-refractivity contribution >= 4 is 21.9 Å². The Morgan fingerprint density at radius 1 is 1.38 bits per heavy atom. The lowest BCUT2D eigenvalue weighted by Gasteiger charge is -2.26. The molecular formula is C12H20N2O6S. The number of ether oxygens (including phenoxy) is 1. The van der Waals surface area contributed by atoms with Gasteiger partial charge in [0, 0.05) is 19.5 Å². The molecule has 1 atom stereocenters. The van der Waals surface area contributed by atoms with Gasteiger partial charge in [0.2, 0.25) is 15.9 Å². The van der Waals surface area contributed by atoms with Gasteiger partial charge in [-0.3, -0.25) is 4.79 Å². The molecule has 120 valence electrons. The van der Waals surface area contributed by atoms with Gasteiger partial charge in [-0.1, -0.05) is 6.08 Å². The molecule has 9 heteroatoms. The topological polar surface area (TPSA) is 113 Å². The van der Waals surface area contributed by atoms with E-state index in [2.05, 4.69) is 11.9 Å². The molecule has 1 aliphatic heterocycles. The number of nitrogens with one attached hydrogen (secondary N) is 1. The fourth-order valence-electron chi connectivity index (χ4n) is 1.83. The van der Waals surface area contributed by atoms with Crippen LogP contribution in [0.1, 0.15) is 12.8 Å². The van der Waals surface area contributed by atoms with Gasteiger partial charge in [-0.15, -0.1) is 6.58 Å².